The van der Waals surface area contributed by atoms with Gasteiger partial charge in [0.05, 0.1) is 0 Å². The van der Waals surface area contributed by atoms with Gasteiger partial charge in [-0.1, -0.05) is 0 Å². The molecule has 1 rings (SSSR count). The number of primary amides is 1. The predicted octanol–water partition coefficient (Wildman–Crippen LogP) is 0.528. The van der Waals surface area contributed by atoms with E-state index in [4.69, 9.17) is 5.73 Å². The zero-order valence-corrected chi connectivity index (χ0v) is 8.42. The molecule has 13 heavy (non-hydrogen) atoms. The molecular weight excluding hydrogens is 166 g/mol. The Labute approximate surface area is 79.5 Å². The molecule has 0 aromatic carbocycles. The molecule has 1 fully saturated rings. The highest BCUT2D eigenvalue weighted by Gasteiger charge is 2.21. The number of nitrogens with zero attached hydrogens (tertiary/aromatic N) is 1. The molecular formula is C9H19N3O. The normalized spacial score (nSPS) is 24.7. The maximum atomic E-state index is 10.6. The lowest BCUT2D eigenvalue weighted by Crippen LogP contribution is -2.50. The van der Waals surface area contributed by atoms with Crippen LogP contribution in [0.15, 0.2) is 0 Å². The van der Waals surface area contributed by atoms with Gasteiger partial charge in [-0.3, -0.25) is 4.90 Å². The second kappa shape index (κ2) is 4.46. The number of likely N-dealkylation sites (tertiary alicyclic amines) is 1. The maximum absolute atomic E-state index is 10.6. The van der Waals surface area contributed by atoms with E-state index in [1.54, 1.807) is 0 Å². The zero-order chi connectivity index (χ0) is 9.84. The molecule has 0 aromatic heterocycles. The van der Waals surface area contributed by atoms with Gasteiger partial charge in [0.25, 0.3) is 0 Å². The Hall–Kier alpha value is -0.770. The quantitative estimate of drug-likeness (QED) is 0.659. The molecule has 4 heteroatoms. The largest absolute Gasteiger partial charge is 0.352 e. The van der Waals surface area contributed by atoms with Crippen LogP contribution in [0.2, 0.25) is 0 Å². The van der Waals surface area contributed by atoms with Crippen LogP contribution < -0.4 is 11.1 Å². The molecule has 0 saturated carbocycles. The Morgan fingerprint density at radius 1 is 1.62 bits per heavy atom. The van der Waals surface area contributed by atoms with Gasteiger partial charge in [-0.25, -0.2) is 4.79 Å². The number of piperidine rings is 1. The van der Waals surface area contributed by atoms with Crippen molar-refractivity contribution >= 4 is 6.03 Å². The molecule has 4 nitrogen and oxygen atoms in total. The number of carbonyl (C=O) groups excluding carboxylic acids is 1. The van der Waals surface area contributed by atoms with E-state index in [1.807, 2.05) is 0 Å². The summed E-state index contributed by atoms with van der Waals surface area (Å²) in [6.07, 6.45) is 2.19. The first-order chi connectivity index (χ1) is 6.09. The Morgan fingerprint density at radius 3 is 2.85 bits per heavy atom. The Bertz CT molecular complexity index is 182. The van der Waals surface area contributed by atoms with E-state index >= 15 is 0 Å². The Kier molecular flexibility index (Phi) is 3.54. The summed E-state index contributed by atoms with van der Waals surface area (Å²) < 4.78 is 0. The molecule has 76 valence electrons. The molecule has 1 aliphatic heterocycles. The topological polar surface area (TPSA) is 58.4 Å². The van der Waals surface area contributed by atoms with Crippen LogP contribution in [0.1, 0.15) is 26.7 Å². The van der Waals surface area contributed by atoms with Crippen molar-refractivity contribution in [1.29, 1.82) is 0 Å². The van der Waals surface area contributed by atoms with Gasteiger partial charge in [0.15, 0.2) is 0 Å². The van der Waals surface area contributed by atoms with Crippen molar-refractivity contribution in [3.63, 3.8) is 0 Å². The average Bonchev–Trinajstić information content (AvgIpc) is 2.03. The molecule has 3 N–H and O–H groups in total. The van der Waals surface area contributed by atoms with Crippen LogP contribution in [0.25, 0.3) is 0 Å². The fourth-order valence-corrected chi connectivity index (χ4v) is 1.79. The molecule has 1 heterocycles. The molecule has 0 spiro atoms. The minimum atomic E-state index is -0.407. The van der Waals surface area contributed by atoms with E-state index in [2.05, 4.69) is 24.1 Å². The zero-order valence-electron chi connectivity index (χ0n) is 8.42. The lowest BCUT2D eigenvalue weighted by Gasteiger charge is -2.35. The van der Waals surface area contributed by atoms with Crippen LogP contribution in [0.5, 0.6) is 0 Å². The summed E-state index contributed by atoms with van der Waals surface area (Å²) in [4.78, 5) is 13.0. The van der Waals surface area contributed by atoms with Gasteiger partial charge in [0.2, 0.25) is 0 Å². The number of nitrogens with two attached hydrogens (primary N) is 1. The summed E-state index contributed by atoms with van der Waals surface area (Å²) in [6, 6.07) is 0.390. The standard InChI is InChI=1S/C9H19N3O/c1-7(2)12-5-3-4-8(6-12)11-9(10)13/h7-8H,3-6H2,1-2H3,(H3,10,11,13). The second-order valence-electron chi connectivity index (χ2n) is 3.94. The molecule has 0 bridgehead atoms. The third-order valence-electron chi connectivity index (χ3n) is 2.53. The maximum Gasteiger partial charge on any atom is 0.312 e. The summed E-state index contributed by atoms with van der Waals surface area (Å²) in [6.45, 7) is 6.41. The van der Waals surface area contributed by atoms with Crippen LogP contribution in [0, 0.1) is 0 Å². The van der Waals surface area contributed by atoms with E-state index in [1.165, 1.54) is 0 Å². The lowest BCUT2D eigenvalue weighted by molar-refractivity contribution is 0.156. The smallest absolute Gasteiger partial charge is 0.312 e. The van der Waals surface area contributed by atoms with Gasteiger partial charge in [0.1, 0.15) is 0 Å². The number of hydrogen-bond acceptors (Lipinski definition) is 2. The van der Waals surface area contributed by atoms with E-state index in [-0.39, 0.29) is 6.04 Å². The number of rotatable bonds is 2. The number of carbonyl (C=O) groups is 1. The van der Waals surface area contributed by atoms with E-state index in [0.717, 1.165) is 25.9 Å². The van der Waals surface area contributed by atoms with Crippen LogP contribution in [0.4, 0.5) is 4.79 Å². The number of amides is 2. The molecule has 0 aliphatic carbocycles. The fourth-order valence-electron chi connectivity index (χ4n) is 1.79. The van der Waals surface area contributed by atoms with Gasteiger partial charge in [0, 0.05) is 18.6 Å². The Morgan fingerprint density at radius 2 is 2.31 bits per heavy atom. The van der Waals surface area contributed by atoms with Crippen LogP contribution in [-0.4, -0.2) is 36.1 Å². The summed E-state index contributed by atoms with van der Waals surface area (Å²) in [5.74, 6) is 0. The van der Waals surface area contributed by atoms with Gasteiger partial charge >= 0.3 is 6.03 Å². The average molecular weight is 185 g/mol. The minimum absolute atomic E-state index is 0.244. The highest BCUT2D eigenvalue weighted by molar-refractivity contribution is 5.71. The van der Waals surface area contributed by atoms with E-state index in [0.29, 0.717) is 6.04 Å². The van der Waals surface area contributed by atoms with E-state index < -0.39 is 6.03 Å². The van der Waals surface area contributed by atoms with Crippen molar-refractivity contribution in [3.05, 3.63) is 0 Å². The Balaban J connectivity index is 2.37. The SMILES string of the molecule is CC(C)N1CCCC(NC(N)=O)C1. The summed E-state index contributed by atoms with van der Waals surface area (Å²) in [5, 5.41) is 2.76. The highest BCUT2D eigenvalue weighted by atomic mass is 16.2. The van der Waals surface area contributed by atoms with Crippen molar-refractivity contribution in [3.8, 4) is 0 Å². The van der Waals surface area contributed by atoms with Gasteiger partial charge in [-0.2, -0.15) is 0 Å². The fraction of sp³-hybridized carbons (Fsp3) is 0.889. The predicted molar refractivity (Wildman–Crippen MR) is 52.5 cm³/mol. The highest BCUT2D eigenvalue weighted by Crippen LogP contribution is 2.12. The third-order valence-corrected chi connectivity index (χ3v) is 2.53. The molecule has 2 amide bonds. The first-order valence-electron chi connectivity index (χ1n) is 4.89. The molecule has 1 atom stereocenters. The minimum Gasteiger partial charge on any atom is -0.352 e. The monoisotopic (exact) mass is 185 g/mol. The van der Waals surface area contributed by atoms with Gasteiger partial charge in [-0.05, 0) is 33.2 Å². The van der Waals surface area contributed by atoms with Crippen molar-refractivity contribution in [1.82, 2.24) is 10.2 Å². The van der Waals surface area contributed by atoms with Crippen LogP contribution >= 0.6 is 0 Å². The number of urea groups is 1. The summed E-state index contributed by atoms with van der Waals surface area (Å²) in [7, 11) is 0. The first kappa shape index (κ1) is 10.3. The van der Waals surface area contributed by atoms with Crippen molar-refractivity contribution in [2.24, 2.45) is 5.73 Å². The van der Waals surface area contributed by atoms with Crippen molar-refractivity contribution in [2.45, 2.75) is 38.8 Å². The van der Waals surface area contributed by atoms with Gasteiger partial charge < -0.3 is 11.1 Å². The van der Waals surface area contributed by atoms with E-state index in [9.17, 15) is 4.79 Å². The summed E-state index contributed by atoms with van der Waals surface area (Å²) in [5.41, 5.74) is 5.08. The summed E-state index contributed by atoms with van der Waals surface area (Å²) >= 11 is 0. The lowest BCUT2D eigenvalue weighted by atomic mass is 10.0. The molecule has 1 aliphatic rings. The molecule has 0 aromatic rings. The molecule has 1 unspecified atom stereocenters. The number of hydrogen-bond donors (Lipinski definition) is 2. The third kappa shape index (κ3) is 3.22. The molecule has 0 radical (unpaired) electrons. The van der Waals surface area contributed by atoms with Crippen molar-refractivity contribution < 1.29 is 4.79 Å². The first-order valence-corrected chi connectivity index (χ1v) is 4.89. The van der Waals surface area contributed by atoms with Crippen molar-refractivity contribution in [2.75, 3.05) is 13.1 Å². The van der Waals surface area contributed by atoms with Crippen LogP contribution in [0.3, 0.4) is 0 Å². The van der Waals surface area contributed by atoms with Crippen LogP contribution in [-0.2, 0) is 0 Å². The second-order valence-corrected chi connectivity index (χ2v) is 3.94. The molecule has 1 saturated heterocycles. The van der Waals surface area contributed by atoms with Gasteiger partial charge in [-0.15, -0.1) is 0 Å². The number of nitrogens with one attached hydrogen (secondary N) is 1.